The summed E-state index contributed by atoms with van der Waals surface area (Å²) in [6, 6.07) is 0.344. The van der Waals surface area contributed by atoms with Crippen LogP contribution in [0.4, 0.5) is 0 Å². The Bertz CT molecular complexity index is 760. The fraction of sp³-hybridized carbons (Fsp3) is 0.846. The zero-order valence-corrected chi connectivity index (χ0v) is 19.6. The molecule has 8 atom stereocenters. The van der Waals surface area contributed by atoms with E-state index in [-0.39, 0.29) is 28.7 Å². The average Bonchev–Trinajstić information content (AvgIpc) is 3.38. The molecule has 0 radical (unpaired) electrons. The van der Waals surface area contributed by atoms with Crippen LogP contribution in [-0.2, 0) is 14.3 Å². The van der Waals surface area contributed by atoms with Crippen LogP contribution in [0.1, 0.15) is 71.6 Å². The predicted molar refractivity (Wildman–Crippen MR) is 120 cm³/mol. The standard InChI is InChI=1S/C26H40N2O3/c1-25-12-10-21-19(7-9-22-26(21,2)13-11-24(30)28(22)3)20(25)8-6-17(25)15-23(29)27-16-18-5-4-14-31-18/h11,13,17-22H,4-10,12,14-16H2,1-3H3,(H,27,29)/t17-,18?,19+,20+,21+,22-,25-,26-/m1/s1. The summed E-state index contributed by atoms with van der Waals surface area (Å²) in [5.41, 5.74) is 0.384. The number of ether oxygens (including phenoxy) is 1. The number of carbonyl (C=O) groups is 2. The van der Waals surface area contributed by atoms with Crippen molar-refractivity contribution in [1.82, 2.24) is 10.2 Å². The molecule has 2 amide bonds. The number of likely N-dealkylation sites (N-methyl/N-ethyl adjacent to an activating group) is 1. The molecule has 5 heteroatoms. The van der Waals surface area contributed by atoms with Crippen LogP contribution in [0.15, 0.2) is 12.2 Å². The topological polar surface area (TPSA) is 58.6 Å². The highest BCUT2D eigenvalue weighted by Gasteiger charge is 2.60. The highest BCUT2D eigenvalue weighted by atomic mass is 16.5. The van der Waals surface area contributed by atoms with Gasteiger partial charge in [-0.1, -0.05) is 19.9 Å². The van der Waals surface area contributed by atoms with E-state index >= 15 is 0 Å². The molecule has 0 spiro atoms. The van der Waals surface area contributed by atoms with Crippen molar-refractivity contribution in [1.29, 1.82) is 0 Å². The van der Waals surface area contributed by atoms with Gasteiger partial charge >= 0.3 is 0 Å². The minimum absolute atomic E-state index is 0.101. The first-order valence-corrected chi connectivity index (χ1v) is 12.7. The smallest absolute Gasteiger partial charge is 0.246 e. The molecule has 5 nitrogen and oxygen atoms in total. The molecule has 1 saturated heterocycles. The first-order valence-electron chi connectivity index (χ1n) is 12.7. The molecule has 0 aromatic rings. The molecule has 172 valence electrons. The van der Waals surface area contributed by atoms with E-state index in [1.807, 2.05) is 18.0 Å². The number of fused-ring (bicyclic) bond motifs is 5. The number of carbonyl (C=O) groups excluding carboxylic acids is 2. The van der Waals surface area contributed by atoms with E-state index < -0.39 is 0 Å². The molecule has 0 aromatic carbocycles. The van der Waals surface area contributed by atoms with Crippen LogP contribution >= 0.6 is 0 Å². The molecule has 3 saturated carbocycles. The van der Waals surface area contributed by atoms with Crippen LogP contribution in [0.2, 0.25) is 0 Å². The molecule has 2 aliphatic heterocycles. The normalized spacial score (nSPS) is 46.4. The van der Waals surface area contributed by atoms with E-state index in [0.717, 1.165) is 37.7 Å². The van der Waals surface area contributed by atoms with Gasteiger partial charge in [0, 0.05) is 38.1 Å². The molecule has 3 aliphatic carbocycles. The van der Waals surface area contributed by atoms with Gasteiger partial charge in [-0.25, -0.2) is 0 Å². The Morgan fingerprint density at radius 3 is 2.77 bits per heavy atom. The lowest BCUT2D eigenvalue weighted by molar-refractivity contribution is -0.139. The second-order valence-corrected chi connectivity index (χ2v) is 11.6. The lowest BCUT2D eigenvalue weighted by Crippen LogP contribution is -2.59. The van der Waals surface area contributed by atoms with Crippen LogP contribution in [0.3, 0.4) is 0 Å². The second-order valence-electron chi connectivity index (χ2n) is 11.6. The van der Waals surface area contributed by atoms with Crippen molar-refractivity contribution in [2.24, 2.45) is 34.5 Å². The summed E-state index contributed by atoms with van der Waals surface area (Å²) in [6.45, 7) is 6.40. The van der Waals surface area contributed by atoms with Gasteiger partial charge < -0.3 is 15.0 Å². The number of nitrogens with zero attached hydrogens (tertiary/aromatic N) is 1. The highest BCUT2D eigenvalue weighted by molar-refractivity contribution is 5.89. The third-order valence-corrected chi connectivity index (χ3v) is 10.3. The van der Waals surface area contributed by atoms with Gasteiger partial charge in [0.15, 0.2) is 0 Å². The third-order valence-electron chi connectivity index (χ3n) is 10.3. The van der Waals surface area contributed by atoms with Crippen LogP contribution in [0, 0.1) is 34.5 Å². The Morgan fingerprint density at radius 2 is 2.00 bits per heavy atom. The molecular weight excluding hydrogens is 388 g/mol. The summed E-state index contributed by atoms with van der Waals surface area (Å²) >= 11 is 0. The Hall–Kier alpha value is -1.36. The quantitative estimate of drug-likeness (QED) is 0.738. The Kier molecular flexibility index (Phi) is 5.47. The zero-order valence-electron chi connectivity index (χ0n) is 19.6. The zero-order chi connectivity index (χ0) is 21.8. The van der Waals surface area contributed by atoms with Gasteiger partial charge in [0.1, 0.15) is 0 Å². The van der Waals surface area contributed by atoms with Crippen molar-refractivity contribution in [2.75, 3.05) is 20.2 Å². The van der Waals surface area contributed by atoms with Gasteiger partial charge in [0.05, 0.1) is 6.10 Å². The van der Waals surface area contributed by atoms with Gasteiger partial charge in [-0.15, -0.1) is 0 Å². The number of hydrogen-bond acceptors (Lipinski definition) is 3. The molecule has 5 aliphatic rings. The van der Waals surface area contributed by atoms with E-state index in [2.05, 4.69) is 25.2 Å². The van der Waals surface area contributed by atoms with Crippen molar-refractivity contribution in [3.63, 3.8) is 0 Å². The molecule has 1 unspecified atom stereocenters. The Balaban J connectivity index is 1.26. The molecular formula is C26H40N2O3. The van der Waals surface area contributed by atoms with Crippen LogP contribution in [0.25, 0.3) is 0 Å². The summed E-state index contributed by atoms with van der Waals surface area (Å²) in [5, 5.41) is 3.16. The summed E-state index contributed by atoms with van der Waals surface area (Å²) in [6.07, 6.45) is 14.4. The van der Waals surface area contributed by atoms with Gasteiger partial charge in [0.2, 0.25) is 11.8 Å². The molecule has 4 fully saturated rings. The third kappa shape index (κ3) is 3.46. The maximum absolute atomic E-state index is 12.7. The first-order chi connectivity index (χ1) is 14.8. The molecule has 0 aromatic heterocycles. The summed E-state index contributed by atoms with van der Waals surface area (Å²) in [5.74, 6) is 2.98. The van der Waals surface area contributed by atoms with Gasteiger partial charge in [-0.3, -0.25) is 9.59 Å². The lowest BCUT2D eigenvalue weighted by Gasteiger charge is -2.60. The van der Waals surface area contributed by atoms with E-state index in [1.165, 1.54) is 32.1 Å². The van der Waals surface area contributed by atoms with Crippen molar-refractivity contribution < 1.29 is 14.3 Å². The molecule has 5 rings (SSSR count). The maximum Gasteiger partial charge on any atom is 0.246 e. The monoisotopic (exact) mass is 428 g/mol. The SMILES string of the molecule is CN1C(=O)C=C[C@]2(C)[C@H]3CC[C@]4(C)[C@@H](CC(=O)NCC5CCCO5)CC[C@H]4[C@@H]3CC[C@@H]12. The Labute approximate surface area is 187 Å². The molecule has 31 heavy (non-hydrogen) atoms. The second kappa shape index (κ2) is 7.90. The van der Waals surface area contributed by atoms with Crippen molar-refractivity contribution in [3.8, 4) is 0 Å². The van der Waals surface area contributed by atoms with Crippen molar-refractivity contribution in [3.05, 3.63) is 12.2 Å². The number of nitrogens with one attached hydrogen (secondary N) is 1. The minimum Gasteiger partial charge on any atom is -0.376 e. The fourth-order valence-electron chi connectivity index (χ4n) is 8.51. The summed E-state index contributed by atoms with van der Waals surface area (Å²) < 4.78 is 5.66. The van der Waals surface area contributed by atoms with E-state index in [0.29, 0.717) is 30.8 Å². The van der Waals surface area contributed by atoms with Crippen LogP contribution < -0.4 is 5.32 Å². The van der Waals surface area contributed by atoms with E-state index in [1.54, 1.807) is 0 Å². The fourth-order valence-corrected chi connectivity index (χ4v) is 8.51. The van der Waals surface area contributed by atoms with Crippen molar-refractivity contribution >= 4 is 11.8 Å². The Morgan fingerprint density at radius 1 is 1.16 bits per heavy atom. The lowest BCUT2D eigenvalue weighted by atomic mass is 9.47. The number of hydrogen-bond donors (Lipinski definition) is 1. The molecule has 1 N–H and O–H groups in total. The van der Waals surface area contributed by atoms with Gasteiger partial charge in [-0.2, -0.15) is 0 Å². The van der Waals surface area contributed by atoms with Gasteiger partial charge in [0.25, 0.3) is 0 Å². The van der Waals surface area contributed by atoms with E-state index in [4.69, 9.17) is 4.74 Å². The summed E-state index contributed by atoms with van der Waals surface area (Å²) in [4.78, 5) is 27.0. The first kappa shape index (κ1) is 21.5. The summed E-state index contributed by atoms with van der Waals surface area (Å²) in [7, 11) is 1.99. The minimum atomic E-state index is 0.101. The number of rotatable bonds is 4. The van der Waals surface area contributed by atoms with Crippen molar-refractivity contribution in [2.45, 2.75) is 83.8 Å². The van der Waals surface area contributed by atoms with Crippen LogP contribution in [0.5, 0.6) is 0 Å². The van der Waals surface area contributed by atoms with E-state index in [9.17, 15) is 9.59 Å². The maximum atomic E-state index is 12.7. The largest absolute Gasteiger partial charge is 0.376 e. The van der Waals surface area contributed by atoms with Gasteiger partial charge in [-0.05, 0) is 86.5 Å². The van der Waals surface area contributed by atoms with Crippen LogP contribution in [-0.4, -0.2) is 49.1 Å². The highest BCUT2D eigenvalue weighted by Crippen LogP contribution is 2.65. The predicted octanol–water partition coefficient (Wildman–Crippen LogP) is 3.93. The molecule has 2 heterocycles. The number of amides is 2. The molecule has 0 bridgehead atoms. The average molecular weight is 429 g/mol.